The van der Waals surface area contributed by atoms with E-state index in [4.69, 9.17) is 0 Å². The van der Waals surface area contributed by atoms with Crippen LogP contribution >= 0.6 is 0 Å². The van der Waals surface area contributed by atoms with Gasteiger partial charge in [-0.3, -0.25) is 0 Å². The molecule has 0 spiro atoms. The third kappa shape index (κ3) is 4.81. The first-order chi connectivity index (χ1) is 10.7. The normalized spacial score (nSPS) is 21.9. The van der Waals surface area contributed by atoms with Gasteiger partial charge in [-0.25, -0.2) is 0 Å². The van der Waals surface area contributed by atoms with Crippen LogP contribution in [0, 0.1) is 17.8 Å². The van der Waals surface area contributed by atoms with Crippen molar-refractivity contribution in [3.05, 3.63) is 59.4 Å². The van der Waals surface area contributed by atoms with Crippen molar-refractivity contribution < 1.29 is 0 Å². The van der Waals surface area contributed by atoms with E-state index in [0.717, 1.165) is 31.4 Å². The molecule has 2 atom stereocenters. The van der Waals surface area contributed by atoms with E-state index in [9.17, 15) is 0 Å². The highest BCUT2D eigenvalue weighted by atomic mass is 14.9. The predicted molar refractivity (Wildman–Crippen MR) is 96.2 cm³/mol. The Bertz CT molecular complexity index is 587. The molecule has 0 aromatic carbocycles. The molecule has 0 aromatic heterocycles. The number of nitrogens with one attached hydrogen (secondary N) is 1. The van der Waals surface area contributed by atoms with E-state index < -0.39 is 0 Å². The van der Waals surface area contributed by atoms with Crippen LogP contribution < -0.4 is 5.32 Å². The van der Waals surface area contributed by atoms with Crippen molar-refractivity contribution in [2.45, 2.75) is 52.5 Å². The van der Waals surface area contributed by atoms with Gasteiger partial charge in [0.05, 0.1) is 5.70 Å². The van der Waals surface area contributed by atoms with Gasteiger partial charge in [-0.2, -0.15) is 0 Å². The minimum atomic E-state index is 0.340. The average Bonchev–Trinajstić information content (AvgIpc) is 2.54. The van der Waals surface area contributed by atoms with E-state index in [1.807, 2.05) is 0 Å². The molecule has 2 rings (SSSR count). The fraction of sp³-hybridized carbons (Fsp3) is 0.429. The van der Waals surface area contributed by atoms with Crippen LogP contribution in [-0.4, -0.2) is 6.04 Å². The van der Waals surface area contributed by atoms with Crippen molar-refractivity contribution in [3.8, 4) is 11.8 Å². The maximum atomic E-state index is 3.64. The summed E-state index contributed by atoms with van der Waals surface area (Å²) in [4.78, 5) is 0. The zero-order chi connectivity index (χ0) is 15.8. The summed E-state index contributed by atoms with van der Waals surface area (Å²) in [7, 11) is 0. The molecule has 0 amide bonds. The zero-order valence-electron chi connectivity index (χ0n) is 14.0. The highest BCUT2D eigenvalue weighted by Gasteiger charge is 2.15. The van der Waals surface area contributed by atoms with Gasteiger partial charge < -0.3 is 5.32 Å². The van der Waals surface area contributed by atoms with Gasteiger partial charge in [0.25, 0.3) is 0 Å². The first-order valence-electron chi connectivity index (χ1n) is 8.36. The summed E-state index contributed by atoms with van der Waals surface area (Å²) in [5.41, 5.74) is 3.91. The standard InChI is InChI=1S/C21H27N/c1-4-5-14-20(16-19-12-7-6-8-13-19)18(3)22-21-15-10-9-11-17(21)2/h5-8,12,14,16,18,20,22H,4,9,11,13H2,1-3H3/b14-5-,19-16?/t18-,20?/m0/s1. The molecule has 116 valence electrons. The third-order valence-electron chi connectivity index (χ3n) is 4.13. The van der Waals surface area contributed by atoms with E-state index >= 15 is 0 Å². The van der Waals surface area contributed by atoms with E-state index in [0.29, 0.717) is 12.0 Å². The Morgan fingerprint density at radius 1 is 1.36 bits per heavy atom. The second-order valence-corrected chi connectivity index (χ2v) is 6.04. The largest absolute Gasteiger partial charge is 0.375 e. The number of allylic oxidation sites excluding steroid dienone is 8. The van der Waals surface area contributed by atoms with Gasteiger partial charge in [0, 0.05) is 18.4 Å². The van der Waals surface area contributed by atoms with Crippen LogP contribution in [0.2, 0.25) is 0 Å². The van der Waals surface area contributed by atoms with Crippen molar-refractivity contribution in [1.29, 1.82) is 0 Å². The van der Waals surface area contributed by atoms with Gasteiger partial charge in [-0.05, 0) is 50.2 Å². The van der Waals surface area contributed by atoms with Crippen molar-refractivity contribution in [2.24, 2.45) is 5.92 Å². The van der Waals surface area contributed by atoms with Gasteiger partial charge in [-0.15, -0.1) is 0 Å². The molecule has 1 unspecified atom stereocenters. The maximum Gasteiger partial charge on any atom is 0.0845 e. The first kappa shape index (κ1) is 16.4. The molecule has 0 bridgehead atoms. The highest BCUT2D eigenvalue weighted by Crippen LogP contribution is 2.19. The monoisotopic (exact) mass is 293 g/mol. The van der Waals surface area contributed by atoms with Crippen LogP contribution in [0.4, 0.5) is 0 Å². The predicted octanol–water partition coefficient (Wildman–Crippen LogP) is 5.06. The fourth-order valence-corrected chi connectivity index (χ4v) is 2.68. The summed E-state index contributed by atoms with van der Waals surface area (Å²) in [6.07, 6.45) is 19.8. The summed E-state index contributed by atoms with van der Waals surface area (Å²) < 4.78 is 0. The van der Waals surface area contributed by atoms with Gasteiger partial charge in [0.2, 0.25) is 0 Å². The number of rotatable bonds is 6. The third-order valence-corrected chi connectivity index (χ3v) is 4.13. The second-order valence-electron chi connectivity index (χ2n) is 6.04. The lowest BCUT2D eigenvalue weighted by Crippen LogP contribution is -2.32. The molecule has 0 saturated heterocycles. The Morgan fingerprint density at radius 2 is 2.23 bits per heavy atom. The SMILES string of the molecule is CC/C=C\C(C=C1C=CC=CC1)[C@H](C)NC1=C(C)CCC#C1. The van der Waals surface area contributed by atoms with Crippen LogP contribution in [0.25, 0.3) is 0 Å². The molecule has 2 aliphatic carbocycles. The molecule has 22 heavy (non-hydrogen) atoms. The molecule has 1 nitrogen and oxygen atoms in total. The van der Waals surface area contributed by atoms with E-state index in [-0.39, 0.29) is 0 Å². The Hall–Kier alpha value is -1.94. The summed E-state index contributed by atoms with van der Waals surface area (Å²) in [5.74, 6) is 6.86. The Kier molecular flexibility index (Phi) is 6.34. The van der Waals surface area contributed by atoms with Crippen molar-refractivity contribution in [1.82, 2.24) is 5.32 Å². The van der Waals surface area contributed by atoms with Crippen molar-refractivity contribution >= 4 is 0 Å². The van der Waals surface area contributed by atoms with Gasteiger partial charge in [-0.1, -0.05) is 55.4 Å². The van der Waals surface area contributed by atoms with Crippen LogP contribution in [0.3, 0.4) is 0 Å². The Morgan fingerprint density at radius 3 is 2.91 bits per heavy atom. The smallest absolute Gasteiger partial charge is 0.0845 e. The molecule has 2 aliphatic rings. The van der Waals surface area contributed by atoms with Crippen LogP contribution in [0.15, 0.2) is 59.4 Å². The summed E-state index contributed by atoms with van der Waals surface area (Å²) in [6, 6.07) is 0.340. The maximum absolute atomic E-state index is 3.64. The molecular weight excluding hydrogens is 266 g/mol. The summed E-state index contributed by atoms with van der Waals surface area (Å²) >= 11 is 0. The molecule has 0 radical (unpaired) electrons. The van der Waals surface area contributed by atoms with E-state index in [1.54, 1.807) is 0 Å². The summed E-state index contributed by atoms with van der Waals surface area (Å²) in [6.45, 7) is 6.62. The number of hydrogen-bond acceptors (Lipinski definition) is 1. The van der Waals surface area contributed by atoms with E-state index in [2.05, 4.69) is 80.5 Å². The minimum Gasteiger partial charge on any atom is -0.375 e. The Balaban J connectivity index is 2.12. The second kappa shape index (κ2) is 8.49. The lowest BCUT2D eigenvalue weighted by molar-refractivity contribution is 0.539. The molecule has 1 N–H and O–H groups in total. The molecule has 0 saturated carbocycles. The molecule has 0 aromatic rings. The molecule has 0 aliphatic heterocycles. The first-order valence-corrected chi connectivity index (χ1v) is 8.36. The van der Waals surface area contributed by atoms with Gasteiger partial charge >= 0.3 is 0 Å². The van der Waals surface area contributed by atoms with Crippen LogP contribution in [-0.2, 0) is 0 Å². The topological polar surface area (TPSA) is 12.0 Å². The lowest BCUT2D eigenvalue weighted by atomic mass is 9.94. The van der Waals surface area contributed by atoms with Gasteiger partial charge in [0.1, 0.15) is 0 Å². The van der Waals surface area contributed by atoms with E-state index in [1.165, 1.54) is 11.1 Å². The lowest BCUT2D eigenvalue weighted by Gasteiger charge is -2.23. The van der Waals surface area contributed by atoms with Crippen LogP contribution in [0.5, 0.6) is 0 Å². The van der Waals surface area contributed by atoms with Gasteiger partial charge in [0.15, 0.2) is 0 Å². The molecule has 1 heteroatoms. The quantitative estimate of drug-likeness (QED) is 0.533. The minimum absolute atomic E-state index is 0.340. The molecule has 0 fully saturated rings. The van der Waals surface area contributed by atoms with Crippen LogP contribution in [0.1, 0.15) is 46.5 Å². The molecular formula is C21H27N. The van der Waals surface area contributed by atoms with Crippen molar-refractivity contribution in [3.63, 3.8) is 0 Å². The zero-order valence-corrected chi connectivity index (χ0v) is 14.0. The fourth-order valence-electron chi connectivity index (χ4n) is 2.68. The molecule has 0 heterocycles. The number of hydrogen-bond donors (Lipinski definition) is 1. The summed E-state index contributed by atoms with van der Waals surface area (Å²) in [5, 5.41) is 3.64. The van der Waals surface area contributed by atoms with Crippen molar-refractivity contribution in [2.75, 3.05) is 0 Å². The average molecular weight is 293 g/mol. The Labute approximate surface area is 135 Å². The highest BCUT2D eigenvalue weighted by molar-refractivity contribution is 5.36.